The molecule has 0 saturated heterocycles. The maximum atomic E-state index is 3.69. The third kappa shape index (κ3) is 3.20. The zero-order valence-electron chi connectivity index (χ0n) is 12.1. The average molecular weight is 257 g/mol. The maximum absolute atomic E-state index is 3.69. The summed E-state index contributed by atoms with van der Waals surface area (Å²) in [6.07, 6.45) is 8.60. The summed E-state index contributed by atoms with van der Waals surface area (Å²) in [6, 6.07) is 12.0. The Morgan fingerprint density at radius 2 is 1.84 bits per heavy atom. The SMILES string of the molecule is CCNC1CCCCC(C2CC2c2ccccc2)C1. The molecule has 0 aliphatic heterocycles. The molecule has 4 atom stereocenters. The molecule has 2 aliphatic carbocycles. The molecule has 0 spiro atoms. The number of benzene rings is 1. The van der Waals surface area contributed by atoms with Crippen LogP contribution in [0.1, 0.15) is 56.9 Å². The van der Waals surface area contributed by atoms with E-state index >= 15 is 0 Å². The van der Waals surface area contributed by atoms with Crippen molar-refractivity contribution >= 4 is 0 Å². The Labute approximate surface area is 117 Å². The van der Waals surface area contributed by atoms with Gasteiger partial charge in [-0.1, -0.05) is 56.5 Å². The third-order valence-corrected chi connectivity index (χ3v) is 5.13. The lowest BCUT2D eigenvalue weighted by atomic mass is 9.90. The van der Waals surface area contributed by atoms with Crippen LogP contribution in [0.5, 0.6) is 0 Å². The van der Waals surface area contributed by atoms with Crippen LogP contribution in [0.4, 0.5) is 0 Å². The average Bonchev–Trinajstić information content (AvgIpc) is 3.23. The molecule has 3 rings (SSSR count). The fraction of sp³-hybridized carbons (Fsp3) is 0.667. The fourth-order valence-electron chi connectivity index (χ4n) is 4.08. The van der Waals surface area contributed by atoms with E-state index in [2.05, 4.69) is 42.6 Å². The van der Waals surface area contributed by atoms with Crippen LogP contribution in [0, 0.1) is 11.8 Å². The van der Waals surface area contributed by atoms with Crippen LogP contribution in [0.3, 0.4) is 0 Å². The van der Waals surface area contributed by atoms with Crippen LogP contribution in [0.15, 0.2) is 30.3 Å². The summed E-state index contributed by atoms with van der Waals surface area (Å²) < 4.78 is 0. The normalized spacial score (nSPS) is 34.8. The minimum Gasteiger partial charge on any atom is -0.314 e. The molecule has 1 aromatic carbocycles. The molecule has 2 saturated carbocycles. The molecule has 2 fully saturated rings. The Morgan fingerprint density at radius 3 is 2.63 bits per heavy atom. The van der Waals surface area contributed by atoms with E-state index < -0.39 is 0 Å². The Morgan fingerprint density at radius 1 is 1.05 bits per heavy atom. The van der Waals surface area contributed by atoms with Crippen molar-refractivity contribution in [2.75, 3.05) is 6.54 Å². The largest absolute Gasteiger partial charge is 0.314 e. The van der Waals surface area contributed by atoms with E-state index in [1.165, 1.54) is 38.5 Å². The van der Waals surface area contributed by atoms with Gasteiger partial charge in [-0.25, -0.2) is 0 Å². The van der Waals surface area contributed by atoms with Gasteiger partial charge in [0.25, 0.3) is 0 Å². The first-order chi connectivity index (χ1) is 9.38. The lowest BCUT2D eigenvalue weighted by molar-refractivity contribution is 0.352. The van der Waals surface area contributed by atoms with E-state index in [1.807, 2.05) is 0 Å². The summed E-state index contributed by atoms with van der Waals surface area (Å²) in [4.78, 5) is 0. The van der Waals surface area contributed by atoms with Crippen molar-refractivity contribution in [1.29, 1.82) is 0 Å². The highest BCUT2D eigenvalue weighted by molar-refractivity contribution is 5.26. The molecule has 4 unspecified atom stereocenters. The first-order valence-electron chi connectivity index (χ1n) is 8.16. The summed E-state index contributed by atoms with van der Waals surface area (Å²) in [7, 11) is 0. The zero-order valence-corrected chi connectivity index (χ0v) is 12.1. The molecule has 1 heteroatoms. The summed E-state index contributed by atoms with van der Waals surface area (Å²) in [5.41, 5.74) is 1.58. The Hall–Kier alpha value is -0.820. The molecule has 0 bridgehead atoms. The summed E-state index contributed by atoms with van der Waals surface area (Å²) in [5.74, 6) is 2.81. The number of rotatable bonds is 4. The predicted octanol–water partition coefficient (Wildman–Crippen LogP) is 4.35. The van der Waals surface area contributed by atoms with Crippen LogP contribution in [-0.2, 0) is 0 Å². The molecule has 1 N–H and O–H groups in total. The van der Waals surface area contributed by atoms with Gasteiger partial charge in [0.2, 0.25) is 0 Å². The summed E-state index contributed by atoms with van der Waals surface area (Å²) in [6.45, 7) is 3.37. The van der Waals surface area contributed by atoms with Crippen LogP contribution in [-0.4, -0.2) is 12.6 Å². The van der Waals surface area contributed by atoms with E-state index in [-0.39, 0.29) is 0 Å². The maximum Gasteiger partial charge on any atom is 0.00696 e. The first-order valence-corrected chi connectivity index (χ1v) is 8.16. The van der Waals surface area contributed by atoms with Gasteiger partial charge in [-0.2, -0.15) is 0 Å². The second kappa shape index (κ2) is 6.09. The number of hydrogen-bond donors (Lipinski definition) is 1. The van der Waals surface area contributed by atoms with Crippen molar-refractivity contribution < 1.29 is 0 Å². The van der Waals surface area contributed by atoms with Crippen molar-refractivity contribution in [1.82, 2.24) is 5.32 Å². The highest BCUT2D eigenvalue weighted by Crippen LogP contribution is 2.54. The van der Waals surface area contributed by atoms with Crippen molar-refractivity contribution in [3.05, 3.63) is 35.9 Å². The van der Waals surface area contributed by atoms with Gasteiger partial charge in [0.05, 0.1) is 0 Å². The third-order valence-electron chi connectivity index (χ3n) is 5.13. The van der Waals surface area contributed by atoms with Gasteiger partial charge in [-0.05, 0) is 49.1 Å². The molecule has 2 aliphatic rings. The molecule has 0 aromatic heterocycles. The number of nitrogens with one attached hydrogen (secondary N) is 1. The van der Waals surface area contributed by atoms with Crippen LogP contribution < -0.4 is 5.32 Å². The van der Waals surface area contributed by atoms with E-state index in [4.69, 9.17) is 0 Å². The summed E-state index contributed by atoms with van der Waals surface area (Å²) in [5, 5.41) is 3.69. The van der Waals surface area contributed by atoms with E-state index in [0.29, 0.717) is 0 Å². The quantitative estimate of drug-likeness (QED) is 0.791. The molecule has 0 heterocycles. The molecule has 104 valence electrons. The van der Waals surface area contributed by atoms with Crippen LogP contribution in [0.25, 0.3) is 0 Å². The van der Waals surface area contributed by atoms with Gasteiger partial charge in [0.1, 0.15) is 0 Å². The Balaban J connectivity index is 1.60. The van der Waals surface area contributed by atoms with Gasteiger partial charge in [-0.3, -0.25) is 0 Å². The van der Waals surface area contributed by atoms with Crippen molar-refractivity contribution in [3.63, 3.8) is 0 Å². The zero-order chi connectivity index (χ0) is 13.1. The smallest absolute Gasteiger partial charge is 0.00696 e. The molecule has 19 heavy (non-hydrogen) atoms. The lowest BCUT2D eigenvalue weighted by Gasteiger charge is -2.21. The minimum atomic E-state index is 0.787. The van der Waals surface area contributed by atoms with Crippen molar-refractivity contribution in [3.8, 4) is 0 Å². The Bertz CT molecular complexity index is 386. The molecule has 1 nitrogen and oxygen atoms in total. The van der Waals surface area contributed by atoms with Crippen LogP contribution in [0.2, 0.25) is 0 Å². The molecule has 1 aromatic rings. The molecule has 0 radical (unpaired) electrons. The molecular weight excluding hydrogens is 230 g/mol. The number of hydrogen-bond acceptors (Lipinski definition) is 1. The molecular formula is C18H27N. The first kappa shape index (κ1) is 13.2. The highest BCUT2D eigenvalue weighted by Gasteiger charge is 2.44. The standard InChI is InChI=1S/C18H27N/c1-2-19-16-11-7-6-10-15(12-16)18-13-17(18)14-8-4-3-5-9-14/h3-5,8-9,15-19H,2,6-7,10-13H2,1H3. The fourth-order valence-corrected chi connectivity index (χ4v) is 4.08. The Kier molecular flexibility index (Phi) is 4.22. The minimum absolute atomic E-state index is 0.787. The van der Waals surface area contributed by atoms with Crippen LogP contribution >= 0.6 is 0 Å². The van der Waals surface area contributed by atoms with Gasteiger partial charge < -0.3 is 5.32 Å². The lowest BCUT2D eigenvalue weighted by Crippen LogP contribution is -2.30. The predicted molar refractivity (Wildman–Crippen MR) is 81.3 cm³/mol. The molecule has 0 amide bonds. The van der Waals surface area contributed by atoms with Gasteiger partial charge in [0.15, 0.2) is 0 Å². The van der Waals surface area contributed by atoms with Gasteiger partial charge in [-0.15, -0.1) is 0 Å². The van der Waals surface area contributed by atoms with E-state index in [1.54, 1.807) is 5.56 Å². The van der Waals surface area contributed by atoms with Crippen molar-refractivity contribution in [2.45, 2.75) is 57.4 Å². The van der Waals surface area contributed by atoms with E-state index in [9.17, 15) is 0 Å². The monoisotopic (exact) mass is 257 g/mol. The van der Waals surface area contributed by atoms with Gasteiger partial charge in [0, 0.05) is 6.04 Å². The van der Waals surface area contributed by atoms with Crippen molar-refractivity contribution in [2.24, 2.45) is 11.8 Å². The second-order valence-corrected chi connectivity index (χ2v) is 6.45. The summed E-state index contributed by atoms with van der Waals surface area (Å²) >= 11 is 0. The second-order valence-electron chi connectivity index (χ2n) is 6.45. The topological polar surface area (TPSA) is 12.0 Å². The highest BCUT2D eigenvalue weighted by atomic mass is 14.9. The van der Waals surface area contributed by atoms with Gasteiger partial charge >= 0.3 is 0 Å². The van der Waals surface area contributed by atoms with E-state index in [0.717, 1.165) is 30.3 Å².